The van der Waals surface area contributed by atoms with E-state index in [1.165, 1.54) is 11.8 Å². The maximum Gasteiger partial charge on any atom is 0.195 e. The van der Waals surface area contributed by atoms with E-state index in [9.17, 15) is 5.26 Å². The van der Waals surface area contributed by atoms with Crippen LogP contribution in [0.25, 0.3) is 0 Å². The number of hydrogen-bond acceptors (Lipinski definition) is 5. The largest absolute Gasteiger partial charge is 0.313 e. The highest BCUT2D eigenvalue weighted by Gasteiger charge is 2.09. The van der Waals surface area contributed by atoms with Gasteiger partial charge in [-0.15, -0.1) is 10.2 Å². The third kappa shape index (κ3) is 3.34. The molecule has 0 aliphatic heterocycles. The summed E-state index contributed by atoms with van der Waals surface area (Å²) in [4.78, 5) is 0.902. The summed E-state index contributed by atoms with van der Waals surface area (Å²) in [5.41, 5.74) is 1.78. The number of nitriles is 1. The number of aryl methyl sites for hydroxylation is 1. The van der Waals surface area contributed by atoms with Crippen LogP contribution in [0.5, 0.6) is 0 Å². The van der Waals surface area contributed by atoms with Gasteiger partial charge in [0.05, 0.1) is 5.56 Å². The molecule has 0 aliphatic rings. The van der Waals surface area contributed by atoms with Crippen LogP contribution >= 0.6 is 11.8 Å². The van der Waals surface area contributed by atoms with E-state index in [2.05, 4.69) is 28.5 Å². The smallest absolute Gasteiger partial charge is 0.195 e. The topological polar surface area (TPSA) is 66.5 Å². The maximum absolute atomic E-state index is 9.24. The Morgan fingerprint density at radius 2 is 2.32 bits per heavy atom. The molecule has 0 bridgehead atoms. The van der Waals surface area contributed by atoms with Gasteiger partial charge in [-0.2, -0.15) is 5.26 Å². The molecule has 0 saturated heterocycles. The third-order valence-corrected chi connectivity index (χ3v) is 3.74. The molecule has 6 heteroatoms. The van der Waals surface area contributed by atoms with Gasteiger partial charge in [-0.25, -0.2) is 0 Å². The van der Waals surface area contributed by atoms with E-state index in [4.69, 9.17) is 0 Å². The average Bonchev–Trinajstić information content (AvgIpc) is 2.83. The van der Waals surface area contributed by atoms with E-state index < -0.39 is 0 Å². The normalized spacial score (nSPS) is 10.4. The number of rotatable bonds is 5. The minimum absolute atomic E-state index is 0.670. The number of nitrogens with one attached hydrogen (secondary N) is 1. The highest BCUT2D eigenvalue weighted by Crippen LogP contribution is 2.28. The fourth-order valence-corrected chi connectivity index (χ4v) is 2.42. The van der Waals surface area contributed by atoms with Crippen molar-refractivity contribution in [2.75, 3.05) is 6.54 Å². The van der Waals surface area contributed by atoms with Gasteiger partial charge in [0.25, 0.3) is 0 Å². The molecular weight excluding hydrogens is 258 g/mol. The summed E-state index contributed by atoms with van der Waals surface area (Å²) >= 11 is 1.45. The summed E-state index contributed by atoms with van der Waals surface area (Å²) in [5, 5.41) is 21.1. The second kappa shape index (κ2) is 6.36. The zero-order valence-electron chi connectivity index (χ0n) is 10.9. The Bertz CT molecular complexity index is 599. The Morgan fingerprint density at radius 3 is 2.95 bits per heavy atom. The molecule has 0 atom stereocenters. The predicted molar refractivity (Wildman–Crippen MR) is 73.7 cm³/mol. The third-order valence-electron chi connectivity index (χ3n) is 2.61. The van der Waals surface area contributed by atoms with Crippen molar-refractivity contribution < 1.29 is 0 Å². The molecule has 19 heavy (non-hydrogen) atoms. The molecule has 0 amide bonds. The second-order valence-corrected chi connectivity index (χ2v) is 5.06. The Labute approximate surface area is 116 Å². The summed E-state index contributed by atoms with van der Waals surface area (Å²) in [6, 6.07) is 8.15. The monoisotopic (exact) mass is 273 g/mol. The first kappa shape index (κ1) is 13.6. The van der Waals surface area contributed by atoms with Crippen molar-refractivity contribution in [3.05, 3.63) is 35.7 Å². The molecule has 2 rings (SSSR count). The van der Waals surface area contributed by atoms with Crippen LogP contribution < -0.4 is 5.32 Å². The van der Waals surface area contributed by atoms with Crippen molar-refractivity contribution >= 4 is 11.8 Å². The molecule has 0 spiro atoms. The lowest BCUT2D eigenvalue weighted by Gasteiger charge is -2.06. The molecular formula is C13H15N5S. The van der Waals surface area contributed by atoms with Crippen molar-refractivity contribution in [3.8, 4) is 6.07 Å². The van der Waals surface area contributed by atoms with E-state index in [-0.39, 0.29) is 0 Å². The Balaban J connectivity index is 2.22. The van der Waals surface area contributed by atoms with Crippen LogP contribution in [0.3, 0.4) is 0 Å². The summed E-state index contributed by atoms with van der Waals surface area (Å²) in [6.07, 6.45) is 1.65. The molecule has 0 radical (unpaired) electrons. The minimum Gasteiger partial charge on any atom is -0.313 e. The van der Waals surface area contributed by atoms with Crippen LogP contribution in [0.2, 0.25) is 0 Å². The molecule has 1 heterocycles. The molecule has 0 unspecified atom stereocenters. The molecule has 1 aromatic carbocycles. The van der Waals surface area contributed by atoms with Gasteiger partial charge >= 0.3 is 0 Å². The van der Waals surface area contributed by atoms with Gasteiger partial charge in [0, 0.05) is 18.5 Å². The zero-order valence-corrected chi connectivity index (χ0v) is 11.7. The first-order valence-corrected chi connectivity index (χ1v) is 6.81. The van der Waals surface area contributed by atoms with Crippen LogP contribution in [0.1, 0.15) is 18.1 Å². The van der Waals surface area contributed by atoms with Crippen LogP contribution in [0.4, 0.5) is 0 Å². The highest BCUT2D eigenvalue weighted by molar-refractivity contribution is 7.99. The van der Waals surface area contributed by atoms with Gasteiger partial charge in [-0.1, -0.05) is 13.0 Å². The number of benzene rings is 1. The minimum atomic E-state index is 0.670. The van der Waals surface area contributed by atoms with E-state index >= 15 is 0 Å². The van der Waals surface area contributed by atoms with Crippen molar-refractivity contribution in [1.29, 1.82) is 5.26 Å². The summed E-state index contributed by atoms with van der Waals surface area (Å²) < 4.78 is 1.83. The van der Waals surface area contributed by atoms with Gasteiger partial charge in [0.15, 0.2) is 5.16 Å². The molecule has 98 valence electrons. The number of nitrogens with zero attached hydrogens (tertiary/aromatic N) is 4. The summed E-state index contributed by atoms with van der Waals surface area (Å²) in [6.45, 7) is 3.75. The van der Waals surface area contributed by atoms with Crippen LogP contribution in [0, 0.1) is 11.3 Å². The van der Waals surface area contributed by atoms with Gasteiger partial charge < -0.3 is 9.88 Å². The Hall–Kier alpha value is -1.84. The highest BCUT2D eigenvalue weighted by atomic mass is 32.2. The average molecular weight is 273 g/mol. The first-order chi connectivity index (χ1) is 9.24. The summed E-state index contributed by atoms with van der Waals surface area (Å²) in [5.74, 6) is 0. The van der Waals surface area contributed by atoms with Gasteiger partial charge in [-0.3, -0.25) is 0 Å². The van der Waals surface area contributed by atoms with Crippen LogP contribution in [-0.4, -0.2) is 21.3 Å². The summed E-state index contributed by atoms with van der Waals surface area (Å²) in [7, 11) is 1.88. The Morgan fingerprint density at radius 1 is 1.47 bits per heavy atom. The van der Waals surface area contributed by atoms with Crippen molar-refractivity contribution in [2.45, 2.75) is 23.5 Å². The fraction of sp³-hybridized carbons (Fsp3) is 0.308. The molecule has 1 aromatic heterocycles. The molecule has 2 aromatic rings. The molecule has 0 aliphatic carbocycles. The number of hydrogen-bond donors (Lipinski definition) is 1. The molecule has 0 saturated carbocycles. The Kier molecular flexibility index (Phi) is 4.55. The first-order valence-electron chi connectivity index (χ1n) is 6.00. The fourth-order valence-electron chi connectivity index (χ4n) is 1.60. The van der Waals surface area contributed by atoms with Crippen LogP contribution in [0.15, 0.2) is 34.6 Å². The lowest BCUT2D eigenvalue weighted by atomic mass is 10.1. The maximum atomic E-state index is 9.24. The lowest BCUT2D eigenvalue weighted by molar-refractivity contribution is 0.726. The quantitative estimate of drug-likeness (QED) is 0.902. The second-order valence-electron chi connectivity index (χ2n) is 4.05. The van der Waals surface area contributed by atoms with Crippen LogP contribution in [-0.2, 0) is 13.6 Å². The van der Waals surface area contributed by atoms with Gasteiger partial charge in [0.1, 0.15) is 12.4 Å². The van der Waals surface area contributed by atoms with Gasteiger partial charge in [-0.05, 0) is 36.0 Å². The van der Waals surface area contributed by atoms with E-state index in [0.29, 0.717) is 5.56 Å². The standard InChI is InChI=1S/C13H15N5S/c1-3-15-8-10-4-5-12(11(6-10)7-14)19-13-17-16-9-18(13)2/h4-6,9,15H,3,8H2,1-2H3. The number of aromatic nitrogens is 3. The molecule has 5 nitrogen and oxygen atoms in total. The van der Waals surface area contributed by atoms with Crippen molar-refractivity contribution in [3.63, 3.8) is 0 Å². The van der Waals surface area contributed by atoms with Crippen molar-refractivity contribution in [2.24, 2.45) is 7.05 Å². The SMILES string of the molecule is CCNCc1ccc(Sc2nncn2C)c(C#N)c1. The van der Waals surface area contributed by atoms with E-state index in [0.717, 1.165) is 28.7 Å². The zero-order chi connectivity index (χ0) is 13.7. The lowest BCUT2D eigenvalue weighted by Crippen LogP contribution is -2.11. The van der Waals surface area contributed by atoms with E-state index in [1.807, 2.05) is 29.8 Å². The molecule has 0 fully saturated rings. The van der Waals surface area contributed by atoms with Gasteiger partial charge in [0.2, 0.25) is 0 Å². The molecule has 1 N–H and O–H groups in total. The van der Waals surface area contributed by atoms with Crippen molar-refractivity contribution in [1.82, 2.24) is 20.1 Å². The predicted octanol–water partition coefficient (Wildman–Crippen LogP) is 1.95. The van der Waals surface area contributed by atoms with E-state index in [1.54, 1.807) is 6.33 Å².